The van der Waals surface area contributed by atoms with Gasteiger partial charge in [0.1, 0.15) is 23.1 Å². The Morgan fingerprint density at radius 1 is 0.700 bits per heavy atom. The van der Waals surface area contributed by atoms with Crippen LogP contribution in [0.2, 0.25) is 0 Å². The summed E-state index contributed by atoms with van der Waals surface area (Å²) < 4.78 is 11.4. The molecule has 7 nitrogen and oxygen atoms in total. The fraction of sp³-hybridized carbons (Fsp3) is 0.302. The van der Waals surface area contributed by atoms with Crippen LogP contribution in [0.5, 0.6) is 11.5 Å². The SMILES string of the molecule is CC(C)(C)c1ccnc(-n2c3ccccc3c3ccc(Oc4cccc(N5CN(C(C)(C)C)c6cc7c(cc65)nc5n7CCCC5)c4)cc32)c1. The Hall–Kier alpha value is -5.30. The Balaban J connectivity index is 1.10. The predicted molar refractivity (Wildman–Crippen MR) is 206 cm³/mol. The standard InChI is InChI=1S/C43H44N6O/c1-42(2,3)28-19-20-44-41(22-28)49-35-15-8-7-14-32(35)33-18-17-31(24-36(33)49)50-30-13-11-12-29(23-30)47-27-48(43(4,5)6)39-26-37-34(25-38(39)47)45-40-16-9-10-21-46(37)40/h7-8,11-15,17-20,22-26H,9-10,16,21,27H2,1-6H3. The van der Waals surface area contributed by atoms with Crippen molar-refractivity contribution in [3.05, 3.63) is 109 Å². The highest BCUT2D eigenvalue weighted by Crippen LogP contribution is 2.47. The quantitative estimate of drug-likeness (QED) is 0.188. The highest BCUT2D eigenvalue weighted by atomic mass is 16.5. The maximum atomic E-state index is 6.67. The second-order valence-corrected chi connectivity index (χ2v) is 15.9. The van der Waals surface area contributed by atoms with Gasteiger partial charge in [0.2, 0.25) is 0 Å². The largest absolute Gasteiger partial charge is 0.457 e. The number of pyridine rings is 1. The lowest BCUT2D eigenvalue weighted by Gasteiger charge is -2.34. The van der Waals surface area contributed by atoms with Crippen molar-refractivity contribution in [1.29, 1.82) is 0 Å². The number of nitrogens with zero attached hydrogens (tertiary/aromatic N) is 6. The van der Waals surface area contributed by atoms with Crippen LogP contribution in [0.25, 0.3) is 38.7 Å². The predicted octanol–water partition coefficient (Wildman–Crippen LogP) is 10.7. The van der Waals surface area contributed by atoms with E-state index in [9.17, 15) is 0 Å². The summed E-state index contributed by atoms with van der Waals surface area (Å²) in [4.78, 5) is 14.9. The molecular formula is C43H44N6O. The van der Waals surface area contributed by atoms with Gasteiger partial charge in [0, 0.05) is 53.3 Å². The molecule has 0 unspecified atom stereocenters. The molecule has 0 saturated heterocycles. The van der Waals surface area contributed by atoms with Crippen molar-refractivity contribution >= 4 is 49.9 Å². The lowest BCUT2D eigenvalue weighted by Crippen LogP contribution is -2.42. The molecule has 2 aliphatic heterocycles. The number of rotatable bonds is 4. The number of fused-ring (bicyclic) bond motifs is 7. The van der Waals surface area contributed by atoms with Crippen molar-refractivity contribution in [2.24, 2.45) is 0 Å². The van der Waals surface area contributed by atoms with E-state index >= 15 is 0 Å². The summed E-state index contributed by atoms with van der Waals surface area (Å²) >= 11 is 0. The molecule has 3 aromatic heterocycles. The fourth-order valence-electron chi connectivity index (χ4n) is 7.83. The van der Waals surface area contributed by atoms with Gasteiger partial charge in [-0.3, -0.25) is 4.57 Å². The van der Waals surface area contributed by atoms with Gasteiger partial charge >= 0.3 is 0 Å². The number of aryl methyl sites for hydroxylation is 2. The molecule has 0 amide bonds. The van der Waals surface area contributed by atoms with Gasteiger partial charge in [0.15, 0.2) is 0 Å². The Kier molecular flexibility index (Phi) is 6.83. The summed E-state index contributed by atoms with van der Waals surface area (Å²) in [6, 6.07) is 32.4. The van der Waals surface area contributed by atoms with Crippen molar-refractivity contribution in [2.75, 3.05) is 16.5 Å². The molecule has 7 aromatic rings. The number of hydrogen-bond donors (Lipinski definition) is 0. The van der Waals surface area contributed by atoms with Crippen LogP contribution in [-0.2, 0) is 18.4 Å². The number of para-hydroxylation sites is 1. The molecule has 0 bridgehead atoms. The van der Waals surface area contributed by atoms with Gasteiger partial charge in [-0.05, 0) is 99.2 Å². The van der Waals surface area contributed by atoms with Crippen LogP contribution in [0.4, 0.5) is 17.1 Å². The van der Waals surface area contributed by atoms with Gasteiger partial charge in [-0.1, -0.05) is 45.0 Å². The maximum absolute atomic E-state index is 6.67. The molecule has 0 radical (unpaired) electrons. The number of ether oxygens (including phenoxy) is 1. The van der Waals surface area contributed by atoms with E-state index in [0.29, 0.717) is 0 Å². The van der Waals surface area contributed by atoms with Crippen LogP contribution in [0.3, 0.4) is 0 Å². The van der Waals surface area contributed by atoms with Crippen molar-refractivity contribution in [2.45, 2.75) is 78.3 Å². The number of anilines is 3. The normalized spacial score (nSPS) is 14.9. The zero-order chi connectivity index (χ0) is 34.4. The molecule has 7 heteroatoms. The van der Waals surface area contributed by atoms with Crippen LogP contribution >= 0.6 is 0 Å². The fourth-order valence-corrected chi connectivity index (χ4v) is 7.83. The summed E-state index contributed by atoms with van der Waals surface area (Å²) in [5.74, 6) is 3.71. The molecule has 0 fully saturated rings. The summed E-state index contributed by atoms with van der Waals surface area (Å²) in [6.07, 6.45) is 5.41. The molecule has 50 heavy (non-hydrogen) atoms. The van der Waals surface area contributed by atoms with Crippen molar-refractivity contribution < 1.29 is 4.74 Å². The lowest BCUT2D eigenvalue weighted by atomic mass is 9.88. The van der Waals surface area contributed by atoms with E-state index in [4.69, 9.17) is 14.7 Å². The van der Waals surface area contributed by atoms with Gasteiger partial charge in [-0.2, -0.15) is 0 Å². The first-order chi connectivity index (χ1) is 24.0. The van der Waals surface area contributed by atoms with E-state index in [-0.39, 0.29) is 11.0 Å². The van der Waals surface area contributed by atoms with Crippen molar-refractivity contribution in [1.82, 2.24) is 19.1 Å². The topological polar surface area (TPSA) is 51.4 Å². The lowest BCUT2D eigenvalue weighted by molar-refractivity contribution is 0.483. The molecule has 0 N–H and O–H groups in total. The first-order valence-corrected chi connectivity index (χ1v) is 17.9. The molecule has 2 aliphatic rings. The van der Waals surface area contributed by atoms with E-state index in [2.05, 4.69) is 145 Å². The van der Waals surface area contributed by atoms with Crippen LogP contribution < -0.4 is 14.5 Å². The highest BCUT2D eigenvalue weighted by molar-refractivity contribution is 6.09. The Morgan fingerprint density at radius 2 is 1.52 bits per heavy atom. The van der Waals surface area contributed by atoms with Gasteiger partial charge in [-0.25, -0.2) is 9.97 Å². The minimum atomic E-state index is -0.0504. The van der Waals surface area contributed by atoms with Gasteiger partial charge in [0.25, 0.3) is 0 Å². The minimum absolute atomic E-state index is 0.0135. The molecule has 252 valence electrons. The summed E-state index contributed by atoms with van der Waals surface area (Å²) in [5, 5.41) is 2.37. The van der Waals surface area contributed by atoms with Crippen LogP contribution in [0.15, 0.2) is 97.2 Å². The molecule has 0 saturated carbocycles. The molecule has 5 heterocycles. The number of benzene rings is 4. The third-order valence-electron chi connectivity index (χ3n) is 10.5. The first kappa shape index (κ1) is 30.7. The Bertz CT molecular complexity index is 2440. The number of aromatic nitrogens is 4. The van der Waals surface area contributed by atoms with E-state index < -0.39 is 0 Å². The maximum Gasteiger partial charge on any atom is 0.137 e. The second-order valence-electron chi connectivity index (χ2n) is 15.9. The molecule has 0 atom stereocenters. The van der Waals surface area contributed by atoms with Gasteiger partial charge < -0.3 is 19.1 Å². The van der Waals surface area contributed by atoms with Crippen molar-refractivity contribution in [3.63, 3.8) is 0 Å². The molecule has 4 aromatic carbocycles. The molecule has 0 aliphatic carbocycles. The summed E-state index contributed by atoms with van der Waals surface area (Å²) in [6.45, 7) is 15.4. The van der Waals surface area contributed by atoms with E-state index in [0.717, 1.165) is 59.2 Å². The Morgan fingerprint density at radius 3 is 2.36 bits per heavy atom. The van der Waals surface area contributed by atoms with Crippen molar-refractivity contribution in [3.8, 4) is 17.3 Å². The third kappa shape index (κ3) is 5.01. The van der Waals surface area contributed by atoms with E-state index in [1.807, 2.05) is 12.3 Å². The monoisotopic (exact) mass is 660 g/mol. The smallest absolute Gasteiger partial charge is 0.137 e. The zero-order valence-electron chi connectivity index (χ0n) is 29.9. The Labute approximate surface area is 293 Å². The average Bonchev–Trinajstić information content (AvgIpc) is 3.76. The molecular weight excluding hydrogens is 617 g/mol. The second kappa shape index (κ2) is 11.1. The van der Waals surface area contributed by atoms with Crippen LogP contribution in [-0.4, -0.2) is 31.3 Å². The number of imidazole rings is 1. The highest BCUT2D eigenvalue weighted by Gasteiger charge is 2.35. The third-order valence-corrected chi connectivity index (χ3v) is 10.5. The zero-order valence-corrected chi connectivity index (χ0v) is 29.9. The van der Waals surface area contributed by atoms with E-state index in [1.54, 1.807) is 0 Å². The average molecular weight is 661 g/mol. The van der Waals surface area contributed by atoms with Gasteiger partial charge in [-0.15, -0.1) is 0 Å². The van der Waals surface area contributed by atoms with Crippen LogP contribution in [0.1, 0.15) is 65.8 Å². The molecule has 9 rings (SSSR count). The summed E-state index contributed by atoms with van der Waals surface area (Å²) in [5.41, 5.74) is 9.29. The van der Waals surface area contributed by atoms with Crippen LogP contribution in [0, 0.1) is 0 Å². The van der Waals surface area contributed by atoms with E-state index in [1.165, 1.54) is 51.9 Å². The minimum Gasteiger partial charge on any atom is -0.457 e. The summed E-state index contributed by atoms with van der Waals surface area (Å²) in [7, 11) is 0. The molecule has 0 spiro atoms. The number of hydrogen-bond acceptors (Lipinski definition) is 5. The first-order valence-electron chi connectivity index (χ1n) is 17.9. The van der Waals surface area contributed by atoms with Gasteiger partial charge in [0.05, 0.1) is 40.1 Å².